The molecule has 2 aliphatic heterocycles. The predicted octanol–water partition coefficient (Wildman–Crippen LogP) is 3.00. The lowest BCUT2D eigenvalue weighted by Crippen LogP contribution is -2.55. The molecule has 7 nitrogen and oxygen atoms in total. The summed E-state index contributed by atoms with van der Waals surface area (Å²) in [6.45, 7) is 11.2. The van der Waals surface area contributed by atoms with Crippen molar-refractivity contribution in [3.63, 3.8) is 0 Å². The first-order valence-electron chi connectivity index (χ1n) is 11.2. The Balaban J connectivity index is 1.16. The van der Waals surface area contributed by atoms with Crippen LogP contribution in [0.4, 0.5) is 0 Å². The van der Waals surface area contributed by atoms with Crippen LogP contribution in [0.15, 0.2) is 22.0 Å². The maximum Gasteiger partial charge on any atom is 0.239 e. The van der Waals surface area contributed by atoms with Gasteiger partial charge in [-0.25, -0.2) is 0 Å². The highest BCUT2D eigenvalue weighted by atomic mass is 32.1. The summed E-state index contributed by atoms with van der Waals surface area (Å²) in [4.78, 5) is 25.3. The second kappa shape index (κ2) is 10.0. The second-order valence-electron chi connectivity index (χ2n) is 8.65. The number of carbonyl (C=O) groups excluding carboxylic acids is 1. The third-order valence-electron chi connectivity index (χ3n) is 6.48. The van der Waals surface area contributed by atoms with E-state index in [-0.39, 0.29) is 6.04 Å². The molecular weight excluding hydrogens is 398 g/mol. The normalized spacial score (nSPS) is 20.5. The maximum absolute atomic E-state index is 12.8. The molecule has 0 N–H and O–H groups in total. The van der Waals surface area contributed by atoms with E-state index in [4.69, 9.17) is 4.52 Å². The van der Waals surface area contributed by atoms with Crippen LogP contribution in [0, 0.1) is 5.92 Å². The van der Waals surface area contributed by atoms with Gasteiger partial charge in [-0.3, -0.25) is 9.69 Å². The topological polar surface area (TPSA) is 65.7 Å². The van der Waals surface area contributed by atoms with Gasteiger partial charge < -0.3 is 14.3 Å². The van der Waals surface area contributed by atoms with Gasteiger partial charge >= 0.3 is 0 Å². The second-order valence-corrected chi connectivity index (χ2v) is 9.60. The number of amides is 1. The van der Waals surface area contributed by atoms with E-state index in [9.17, 15) is 4.79 Å². The summed E-state index contributed by atoms with van der Waals surface area (Å²) in [7, 11) is 0. The summed E-state index contributed by atoms with van der Waals surface area (Å²) in [6.07, 6.45) is 4.09. The van der Waals surface area contributed by atoms with Crippen molar-refractivity contribution in [1.82, 2.24) is 24.8 Å². The number of hydrogen-bond acceptors (Lipinski definition) is 7. The highest BCUT2D eigenvalue weighted by Gasteiger charge is 2.30. The molecule has 4 rings (SSSR count). The lowest BCUT2D eigenvalue weighted by molar-refractivity contribution is -0.138. The van der Waals surface area contributed by atoms with Crippen LogP contribution in [0.1, 0.15) is 39.0 Å². The molecule has 2 saturated heterocycles. The molecule has 2 aromatic rings. The molecule has 0 saturated carbocycles. The first-order valence-corrected chi connectivity index (χ1v) is 12.1. The van der Waals surface area contributed by atoms with E-state index in [2.05, 4.69) is 38.7 Å². The van der Waals surface area contributed by atoms with Crippen LogP contribution in [-0.2, 0) is 11.2 Å². The summed E-state index contributed by atoms with van der Waals surface area (Å²) in [5, 5.41) is 6.10. The Kier molecular flexibility index (Phi) is 7.17. The van der Waals surface area contributed by atoms with Gasteiger partial charge in [-0.1, -0.05) is 18.1 Å². The van der Waals surface area contributed by atoms with Crippen molar-refractivity contribution < 1.29 is 9.32 Å². The van der Waals surface area contributed by atoms with E-state index in [1.54, 1.807) is 11.3 Å². The molecule has 2 fully saturated rings. The molecule has 0 aromatic carbocycles. The largest absolute Gasteiger partial charge is 0.341 e. The van der Waals surface area contributed by atoms with Crippen molar-refractivity contribution in [2.45, 2.75) is 45.6 Å². The quantitative estimate of drug-likeness (QED) is 0.671. The molecule has 164 valence electrons. The van der Waals surface area contributed by atoms with Gasteiger partial charge in [-0.15, -0.1) is 11.3 Å². The summed E-state index contributed by atoms with van der Waals surface area (Å²) in [6, 6.07) is 4.00. The van der Waals surface area contributed by atoms with E-state index < -0.39 is 0 Å². The van der Waals surface area contributed by atoms with Crippen molar-refractivity contribution in [3.05, 3.63) is 23.4 Å². The van der Waals surface area contributed by atoms with E-state index >= 15 is 0 Å². The third-order valence-corrected chi connectivity index (χ3v) is 7.35. The molecule has 30 heavy (non-hydrogen) atoms. The Morgan fingerprint density at radius 2 is 2.00 bits per heavy atom. The van der Waals surface area contributed by atoms with Crippen LogP contribution < -0.4 is 0 Å². The molecule has 8 heteroatoms. The minimum atomic E-state index is -0.00498. The molecule has 0 spiro atoms. The Labute approximate surface area is 183 Å². The highest BCUT2D eigenvalue weighted by Crippen LogP contribution is 2.22. The molecule has 4 heterocycles. The average Bonchev–Trinajstić information content (AvgIpc) is 3.46. The fourth-order valence-electron chi connectivity index (χ4n) is 4.34. The van der Waals surface area contributed by atoms with E-state index in [0.717, 1.165) is 82.3 Å². The smallest absolute Gasteiger partial charge is 0.239 e. The van der Waals surface area contributed by atoms with E-state index in [0.29, 0.717) is 17.6 Å². The Morgan fingerprint density at radius 1 is 1.23 bits per heavy atom. The number of aromatic nitrogens is 2. The van der Waals surface area contributed by atoms with Gasteiger partial charge in [0.1, 0.15) is 0 Å². The van der Waals surface area contributed by atoms with Crippen molar-refractivity contribution in [1.29, 1.82) is 0 Å². The van der Waals surface area contributed by atoms with E-state index in [1.165, 1.54) is 0 Å². The molecular formula is C22H33N5O2S. The zero-order valence-corrected chi connectivity index (χ0v) is 18.9. The molecule has 2 aliphatic rings. The standard InChI is InChI=1S/C22H33N5O2S/c1-17-7-10-27(11-8-17)22(28)18(2)26-14-12-25(13-15-26)9-3-6-20-23-21(24-29-20)19-5-4-16-30-19/h4-5,16-18H,3,6-15H2,1-2H3. The SMILES string of the molecule is CC1CCN(C(=O)C(C)N2CCN(CCCc3nc(-c4cccs4)no3)CC2)CC1. The third kappa shape index (κ3) is 5.28. The molecule has 1 atom stereocenters. The number of carbonyl (C=O) groups is 1. The van der Waals surface area contributed by atoms with Crippen LogP contribution in [0.25, 0.3) is 10.7 Å². The first kappa shape index (κ1) is 21.5. The van der Waals surface area contributed by atoms with Crippen LogP contribution in [0.3, 0.4) is 0 Å². The van der Waals surface area contributed by atoms with Crippen molar-refractivity contribution in [2.75, 3.05) is 45.8 Å². The lowest BCUT2D eigenvalue weighted by atomic mass is 9.98. The Bertz CT molecular complexity index is 792. The predicted molar refractivity (Wildman–Crippen MR) is 118 cm³/mol. The van der Waals surface area contributed by atoms with Crippen molar-refractivity contribution in [2.24, 2.45) is 5.92 Å². The van der Waals surface area contributed by atoms with Gasteiger partial charge in [0.15, 0.2) is 0 Å². The highest BCUT2D eigenvalue weighted by molar-refractivity contribution is 7.13. The van der Waals surface area contributed by atoms with Crippen molar-refractivity contribution >= 4 is 17.2 Å². The number of hydrogen-bond donors (Lipinski definition) is 0. The average molecular weight is 432 g/mol. The Hall–Kier alpha value is -1.77. The Morgan fingerprint density at radius 3 is 2.70 bits per heavy atom. The van der Waals surface area contributed by atoms with Crippen LogP contribution in [0.5, 0.6) is 0 Å². The number of nitrogens with zero attached hydrogens (tertiary/aromatic N) is 5. The van der Waals surface area contributed by atoms with Crippen LogP contribution in [0.2, 0.25) is 0 Å². The maximum atomic E-state index is 12.8. The number of rotatable bonds is 7. The van der Waals surface area contributed by atoms with Gasteiger partial charge in [0.2, 0.25) is 17.6 Å². The van der Waals surface area contributed by atoms with E-state index in [1.807, 2.05) is 17.5 Å². The van der Waals surface area contributed by atoms with Crippen LogP contribution >= 0.6 is 11.3 Å². The number of likely N-dealkylation sites (tertiary alicyclic amines) is 1. The molecule has 0 radical (unpaired) electrons. The summed E-state index contributed by atoms with van der Waals surface area (Å²) >= 11 is 1.62. The zero-order valence-electron chi connectivity index (χ0n) is 18.1. The fraction of sp³-hybridized carbons (Fsp3) is 0.682. The van der Waals surface area contributed by atoms with Crippen molar-refractivity contribution in [3.8, 4) is 10.7 Å². The minimum absolute atomic E-state index is 0.00498. The van der Waals surface area contributed by atoms with Gasteiger partial charge in [-0.05, 0) is 50.1 Å². The number of piperidine rings is 1. The fourth-order valence-corrected chi connectivity index (χ4v) is 4.99. The molecule has 2 aromatic heterocycles. The van der Waals surface area contributed by atoms with Gasteiger partial charge in [0, 0.05) is 45.7 Å². The zero-order chi connectivity index (χ0) is 20.9. The summed E-state index contributed by atoms with van der Waals surface area (Å²) in [5.41, 5.74) is 0. The minimum Gasteiger partial charge on any atom is -0.341 e. The number of thiophene rings is 1. The molecule has 0 aliphatic carbocycles. The lowest BCUT2D eigenvalue weighted by Gasteiger charge is -2.40. The molecule has 1 unspecified atom stereocenters. The summed E-state index contributed by atoms with van der Waals surface area (Å²) in [5.74, 6) is 2.47. The van der Waals surface area contributed by atoms with Gasteiger partial charge in [0.25, 0.3) is 0 Å². The summed E-state index contributed by atoms with van der Waals surface area (Å²) < 4.78 is 5.39. The molecule has 0 bridgehead atoms. The van der Waals surface area contributed by atoms with Gasteiger partial charge in [0.05, 0.1) is 10.9 Å². The van der Waals surface area contributed by atoms with Crippen LogP contribution in [-0.4, -0.2) is 82.6 Å². The first-order chi connectivity index (χ1) is 14.6. The molecule has 1 amide bonds. The van der Waals surface area contributed by atoms with Gasteiger partial charge in [-0.2, -0.15) is 4.98 Å². The number of aryl methyl sites for hydroxylation is 1. The number of piperazine rings is 1. The monoisotopic (exact) mass is 431 g/mol.